The largest absolute Gasteiger partial charge is 0.378 e. The first kappa shape index (κ1) is 22.6. The number of anilines is 1. The number of carbonyl (C=O) groups excluding carboxylic acids is 2. The normalized spacial score (nSPS) is 19.8. The molecule has 2 amide bonds. The Bertz CT molecular complexity index is 829. The maximum atomic E-state index is 12.7. The van der Waals surface area contributed by atoms with E-state index in [1.807, 2.05) is 28.0 Å². The molecule has 0 unspecified atom stereocenters. The summed E-state index contributed by atoms with van der Waals surface area (Å²) in [6.07, 6.45) is 3.93. The van der Waals surface area contributed by atoms with E-state index in [0.717, 1.165) is 57.0 Å². The Morgan fingerprint density at radius 1 is 1.06 bits per heavy atom. The van der Waals surface area contributed by atoms with E-state index in [0.29, 0.717) is 39.3 Å². The summed E-state index contributed by atoms with van der Waals surface area (Å²) in [4.78, 5) is 35.9. The minimum Gasteiger partial charge on any atom is -0.378 e. The number of piperidine rings is 1. The standard InChI is InChI=1S/C24H35N5O3/c1-25-24(28-12-8-20(9-13-28)23(31)27-15-17-32-18-16-27)26-11-4-7-22(30)29-14-10-19-5-2-3-6-21(19)29/h2-3,5-6,20H,4,7-18H2,1H3,(H,25,26). The van der Waals surface area contributed by atoms with Crippen molar-refractivity contribution in [3.05, 3.63) is 29.8 Å². The van der Waals surface area contributed by atoms with Crippen LogP contribution in [0.2, 0.25) is 0 Å². The molecule has 2 fully saturated rings. The van der Waals surface area contributed by atoms with Gasteiger partial charge in [-0.25, -0.2) is 0 Å². The van der Waals surface area contributed by atoms with E-state index in [2.05, 4.69) is 21.3 Å². The third-order valence-electron chi connectivity index (χ3n) is 6.72. The summed E-state index contributed by atoms with van der Waals surface area (Å²) in [7, 11) is 1.79. The molecule has 1 aromatic rings. The fourth-order valence-electron chi connectivity index (χ4n) is 4.88. The monoisotopic (exact) mass is 441 g/mol. The van der Waals surface area contributed by atoms with E-state index in [9.17, 15) is 9.59 Å². The summed E-state index contributed by atoms with van der Waals surface area (Å²) in [6, 6.07) is 8.16. The van der Waals surface area contributed by atoms with Gasteiger partial charge in [0.1, 0.15) is 0 Å². The Labute approximate surface area is 190 Å². The molecule has 32 heavy (non-hydrogen) atoms. The van der Waals surface area contributed by atoms with E-state index in [1.165, 1.54) is 5.56 Å². The molecule has 0 aromatic heterocycles. The number of aliphatic imine (C=N–C) groups is 1. The third kappa shape index (κ3) is 5.23. The van der Waals surface area contributed by atoms with Crippen molar-refractivity contribution in [3.8, 4) is 0 Å². The summed E-state index contributed by atoms with van der Waals surface area (Å²) < 4.78 is 5.36. The van der Waals surface area contributed by atoms with Crippen molar-refractivity contribution in [1.82, 2.24) is 15.1 Å². The summed E-state index contributed by atoms with van der Waals surface area (Å²) in [6.45, 7) is 5.86. The van der Waals surface area contributed by atoms with Crippen LogP contribution in [0.3, 0.4) is 0 Å². The molecule has 8 nitrogen and oxygen atoms in total. The van der Waals surface area contributed by atoms with Gasteiger partial charge in [-0.05, 0) is 37.3 Å². The number of carbonyl (C=O) groups is 2. The molecule has 8 heteroatoms. The van der Waals surface area contributed by atoms with Crippen molar-refractivity contribution < 1.29 is 14.3 Å². The molecule has 3 aliphatic heterocycles. The smallest absolute Gasteiger partial charge is 0.227 e. The van der Waals surface area contributed by atoms with Crippen LogP contribution in [0.15, 0.2) is 29.3 Å². The number of benzene rings is 1. The number of nitrogens with zero attached hydrogens (tertiary/aromatic N) is 4. The van der Waals surface area contributed by atoms with Gasteiger partial charge in [-0.3, -0.25) is 14.6 Å². The van der Waals surface area contributed by atoms with Crippen LogP contribution in [0.1, 0.15) is 31.2 Å². The second-order valence-corrected chi connectivity index (χ2v) is 8.70. The number of guanidine groups is 1. The lowest BCUT2D eigenvalue weighted by molar-refractivity contribution is -0.140. The highest BCUT2D eigenvalue weighted by Crippen LogP contribution is 2.28. The third-order valence-corrected chi connectivity index (χ3v) is 6.72. The number of amides is 2. The number of rotatable bonds is 5. The maximum absolute atomic E-state index is 12.7. The minimum absolute atomic E-state index is 0.100. The Balaban J connectivity index is 1.17. The van der Waals surface area contributed by atoms with Gasteiger partial charge in [0.25, 0.3) is 0 Å². The number of morpholine rings is 1. The lowest BCUT2D eigenvalue weighted by atomic mass is 9.95. The van der Waals surface area contributed by atoms with Crippen LogP contribution >= 0.6 is 0 Å². The molecule has 0 aliphatic carbocycles. The van der Waals surface area contributed by atoms with Gasteiger partial charge >= 0.3 is 0 Å². The SMILES string of the molecule is CN=C(NCCCC(=O)N1CCc2ccccc21)N1CCC(C(=O)N2CCOCC2)CC1. The molecule has 1 aromatic carbocycles. The average Bonchev–Trinajstić information content (AvgIpc) is 3.29. The molecule has 0 radical (unpaired) electrons. The predicted octanol–water partition coefficient (Wildman–Crippen LogP) is 1.50. The van der Waals surface area contributed by atoms with E-state index in [4.69, 9.17) is 4.74 Å². The quantitative estimate of drug-likeness (QED) is 0.426. The number of nitrogens with one attached hydrogen (secondary N) is 1. The number of para-hydroxylation sites is 1. The molecule has 0 spiro atoms. The van der Waals surface area contributed by atoms with Gasteiger partial charge in [0.05, 0.1) is 13.2 Å². The van der Waals surface area contributed by atoms with Gasteiger partial charge in [0.15, 0.2) is 5.96 Å². The van der Waals surface area contributed by atoms with Crippen LogP contribution in [0.5, 0.6) is 0 Å². The van der Waals surface area contributed by atoms with Crippen molar-refractivity contribution in [2.24, 2.45) is 10.9 Å². The van der Waals surface area contributed by atoms with E-state index >= 15 is 0 Å². The number of fused-ring (bicyclic) bond motifs is 1. The number of likely N-dealkylation sites (tertiary alicyclic amines) is 1. The highest BCUT2D eigenvalue weighted by Gasteiger charge is 2.30. The molecule has 0 bridgehead atoms. The van der Waals surface area contributed by atoms with E-state index in [-0.39, 0.29) is 17.7 Å². The average molecular weight is 442 g/mol. The Morgan fingerprint density at radius 3 is 2.56 bits per heavy atom. The van der Waals surface area contributed by atoms with Crippen LogP contribution < -0.4 is 10.2 Å². The Kier molecular flexibility index (Phi) is 7.63. The topological polar surface area (TPSA) is 77.5 Å². The summed E-state index contributed by atoms with van der Waals surface area (Å²) in [5.74, 6) is 1.43. The van der Waals surface area contributed by atoms with Crippen molar-refractivity contribution >= 4 is 23.5 Å². The molecule has 3 aliphatic rings. The molecule has 2 saturated heterocycles. The molecule has 174 valence electrons. The first-order valence-corrected chi connectivity index (χ1v) is 11.9. The molecule has 0 saturated carbocycles. The number of hydrogen-bond donors (Lipinski definition) is 1. The van der Waals surface area contributed by atoms with Crippen molar-refractivity contribution in [1.29, 1.82) is 0 Å². The Hall–Kier alpha value is -2.61. The molecular weight excluding hydrogens is 406 g/mol. The zero-order chi connectivity index (χ0) is 22.3. The first-order valence-electron chi connectivity index (χ1n) is 11.9. The van der Waals surface area contributed by atoms with Crippen LogP contribution in [0.25, 0.3) is 0 Å². The molecular formula is C24H35N5O3. The lowest BCUT2D eigenvalue weighted by Crippen LogP contribution is -2.50. The molecule has 3 heterocycles. The highest BCUT2D eigenvalue weighted by molar-refractivity contribution is 5.95. The second-order valence-electron chi connectivity index (χ2n) is 8.70. The summed E-state index contributed by atoms with van der Waals surface area (Å²) >= 11 is 0. The maximum Gasteiger partial charge on any atom is 0.227 e. The van der Waals surface area contributed by atoms with Crippen LogP contribution in [-0.2, 0) is 20.7 Å². The van der Waals surface area contributed by atoms with E-state index < -0.39 is 0 Å². The fraction of sp³-hybridized carbons (Fsp3) is 0.625. The van der Waals surface area contributed by atoms with Gasteiger partial charge < -0.3 is 24.8 Å². The summed E-state index contributed by atoms with van der Waals surface area (Å²) in [5.41, 5.74) is 2.32. The minimum atomic E-state index is 0.100. The highest BCUT2D eigenvalue weighted by atomic mass is 16.5. The van der Waals surface area contributed by atoms with Crippen molar-refractivity contribution in [2.45, 2.75) is 32.1 Å². The summed E-state index contributed by atoms with van der Waals surface area (Å²) in [5, 5.41) is 3.40. The molecule has 4 rings (SSSR count). The Morgan fingerprint density at radius 2 is 1.81 bits per heavy atom. The first-order chi connectivity index (χ1) is 15.7. The van der Waals surface area contributed by atoms with Gasteiger partial charge in [0.2, 0.25) is 11.8 Å². The number of hydrogen-bond acceptors (Lipinski definition) is 4. The molecule has 1 N–H and O–H groups in total. The van der Waals surface area contributed by atoms with Crippen LogP contribution in [0, 0.1) is 5.92 Å². The second kappa shape index (κ2) is 10.8. The molecule has 0 atom stereocenters. The van der Waals surface area contributed by atoms with Crippen LogP contribution in [-0.4, -0.2) is 87.1 Å². The van der Waals surface area contributed by atoms with E-state index in [1.54, 1.807) is 7.05 Å². The van der Waals surface area contributed by atoms with Gasteiger partial charge in [-0.15, -0.1) is 0 Å². The van der Waals surface area contributed by atoms with Gasteiger partial charge in [-0.2, -0.15) is 0 Å². The van der Waals surface area contributed by atoms with Gasteiger partial charge in [-0.1, -0.05) is 18.2 Å². The van der Waals surface area contributed by atoms with Crippen molar-refractivity contribution in [2.75, 3.05) is 64.4 Å². The zero-order valence-corrected chi connectivity index (χ0v) is 19.1. The fourth-order valence-corrected chi connectivity index (χ4v) is 4.88. The number of ether oxygens (including phenoxy) is 1. The van der Waals surface area contributed by atoms with Crippen LogP contribution in [0.4, 0.5) is 5.69 Å². The zero-order valence-electron chi connectivity index (χ0n) is 19.1. The van der Waals surface area contributed by atoms with Gasteiger partial charge in [0, 0.05) is 64.3 Å². The lowest BCUT2D eigenvalue weighted by Gasteiger charge is -2.36. The predicted molar refractivity (Wildman–Crippen MR) is 125 cm³/mol. The van der Waals surface area contributed by atoms with Crippen molar-refractivity contribution in [3.63, 3.8) is 0 Å².